The van der Waals surface area contributed by atoms with E-state index in [1.165, 1.54) is 0 Å². The maximum atomic E-state index is 11.1. The predicted octanol–water partition coefficient (Wildman–Crippen LogP) is 0.0340. The summed E-state index contributed by atoms with van der Waals surface area (Å²) < 4.78 is 22.1. The van der Waals surface area contributed by atoms with E-state index in [0.717, 1.165) is 0 Å². The van der Waals surface area contributed by atoms with E-state index in [0.29, 0.717) is 30.9 Å². The highest BCUT2D eigenvalue weighted by atomic mass is 32.2. The Balaban J connectivity index is 2.39. The molecular formula is C9H15NO2S. The van der Waals surface area contributed by atoms with Gasteiger partial charge in [-0.05, 0) is 19.9 Å². The highest BCUT2D eigenvalue weighted by Crippen LogP contribution is 2.17. The van der Waals surface area contributed by atoms with Crippen molar-refractivity contribution in [2.24, 2.45) is 5.92 Å². The first kappa shape index (κ1) is 10.6. The number of sulfone groups is 1. The van der Waals surface area contributed by atoms with Gasteiger partial charge in [-0.2, -0.15) is 0 Å². The zero-order valence-corrected chi connectivity index (χ0v) is 8.65. The maximum Gasteiger partial charge on any atom is 0.150 e. The van der Waals surface area contributed by atoms with Crippen molar-refractivity contribution >= 4 is 9.84 Å². The van der Waals surface area contributed by atoms with Crippen LogP contribution in [0.2, 0.25) is 0 Å². The molecule has 1 aliphatic rings. The molecule has 1 heterocycles. The second kappa shape index (κ2) is 4.64. The number of nitrogens with one attached hydrogen (secondary N) is 1. The minimum absolute atomic E-state index is 0.289. The molecule has 0 radical (unpaired) electrons. The van der Waals surface area contributed by atoms with Crippen molar-refractivity contribution in [3.8, 4) is 11.8 Å². The summed E-state index contributed by atoms with van der Waals surface area (Å²) in [6, 6.07) is 0. The third-order valence-corrected chi connectivity index (χ3v) is 3.84. The summed E-state index contributed by atoms with van der Waals surface area (Å²) in [5, 5.41) is 2.93. The lowest BCUT2D eigenvalue weighted by molar-refractivity contribution is 0.543. The lowest BCUT2D eigenvalue weighted by Gasteiger charge is -2.16. The Morgan fingerprint density at radius 2 is 2.00 bits per heavy atom. The summed E-state index contributed by atoms with van der Waals surface area (Å²) in [5.41, 5.74) is 0. The molecule has 1 saturated heterocycles. The van der Waals surface area contributed by atoms with Crippen molar-refractivity contribution in [3.63, 3.8) is 0 Å². The van der Waals surface area contributed by atoms with Crippen molar-refractivity contribution in [2.45, 2.75) is 12.8 Å². The van der Waals surface area contributed by atoms with E-state index in [1.807, 2.05) is 7.05 Å². The van der Waals surface area contributed by atoms with Gasteiger partial charge in [0.1, 0.15) is 9.84 Å². The lowest BCUT2D eigenvalue weighted by atomic mass is 10.0. The van der Waals surface area contributed by atoms with Crippen LogP contribution in [0.5, 0.6) is 0 Å². The van der Waals surface area contributed by atoms with Crippen LogP contribution in [0.1, 0.15) is 12.8 Å². The van der Waals surface area contributed by atoms with Crippen LogP contribution in [0.3, 0.4) is 0 Å². The van der Waals surface area contributed by atoms with Gasteiger partial charge < -0.3 is 5.32 Å². The van der Waals surface area contributed by atoms with Crippen LogP contribution in [0.4, 0.5) is 0 Å². The summed E-state index contributed by atoms with van der Waals surface area (Å²) in [6.45, 7) is 0.684. The van der Waals surface area contributed by atoms with Gasteiger partial charge in [-0.15, -0.1) is 0 Å². The standard InChI is InChI=1S/C9H15NO2S/c1-10-6-2-3-9-4-7-13(11,12)8-5-9/h9-10H,4-8H2,1H3. The van der Waals surface area contributed by atoms with Crippen molar-refractivity contribution in [3.05, 3.63) is 0 Å². The highest BCUT2D eigenvalue weighted by Gasteiger charge is 2.21. The van der Waals surface area contributed by atoms with E-state index in [1.54, 1.807) is 0 Å². The van der Waals surface area contributed by atoms with Gasteiger partial charge in [0, 0.05) is 5.92 Å². The molecule has 3 nitrogen and oxygen atoms in total. The topological polar surface area (TPSA) is 46.2 Å². The second-order valence-corrected chi connectivity index (χ2v) is 5.58. The fourth-order valence-electron chi connectivity index (χ4n) is 1.32. The molecule has 0 aliphatic carbocycles. The van der Waals surface area contributed by atoms with Gasteiger partial charge in [-0.1, -0.05) is 11.8 Å². The fraction of sp³-hybridized carbons (Fsp3) is 0.778. The van der Waals surface area contributed by atoms with E-state index >= 15 is 0 Å². The van der Waals surface area contributed by atoms with E-state index in [9.17, 15) is 8.42 Å². The van der Waals surface area contributed by atoms with Crippen molar-refractivity contribution in [1.82, 2.24) is 5.32 Å². The van der Waals surface area contributed by atoms with Gasteiger partial charge in [-0.3, -0.25) is 0 Å². The molecule has 4 heteroatoms. The molecule has 13 heavy (non-hydrogen) atoms. The average molecular weight is 201 g/mol. The minimum Gasteiger partial charge on any atom is -0.309 e. The molecule has 0 aromatic carbocycles. The summed E-state index contributed by atoms with van der Waals surface area (Å²) in [4.78, 5) is 0. The molecule has 0 aromatic heterocycles. The van der Waals surface area contributed by atoms with Crippen molar-refractivity contribution < 1.29 is 8.42 Å². The third-order valence-electron chi connectivity index (χ3n) is 2.13. The minimum atomic E-state index is -2.73. The van der Waals surface area contributed by atoms with Crippen LogP contribution in [-0.2, 0) is 9.84 Å². The monoisotopic (exact) mass is 201 g/mol. The first-order valence-corrected chi connectivity index (χ1v) is 6.29. The highest BCUT2D eigenvalue weighted by molar-refractivity contribution is 7.91. The molecule has 0 atom stereocenters. The second-order valence-electron chi connectivity index (χ2n) is 3.28. The number of hydrogen-bond donors (Lipinski definition) is 1. The van der Waals surface area contributed by atoms with Gasteiger partial charge in [0.15, 0.2) is 0 Å². The number of hydrogen-bond acceptors (Lipinski definition) is 3. The van der Waals surface area contributed by atoms with Crippen molar-refractivity contribution in [2.75, 3.05) is 25.1 Å². The van der Waals surface area contributed by atoms with Gasteiger partial charge in [-0.25, -0.2) is 8.42 Å². The summed E-state index contributed by atoms with van der Waals surface area (Å²) >= 11 is 0. The van der Waals surface area contributed by atoms with Crippen LogP contribution in [0.15, 0.2) is 0 Å². The van der Waals surface area contributed by atoms with Crippen LogP contribution >= 0.6 is 0 Å². The van der Waals surface area contributed by atoms with Crippen LogP contribution in [0.25, 0.3) is 0 Å². The van der Waals surface area contributed by atoms with E-state index in [-0.39, 0.29) is 5.92 Å². The third kappa shape index (κ3) is 3.79. The molecular weight excluding hydrogens is 186 g/mol. The fourth-order valence-corrected chi connectivity index (χ4v) is 2.81. The Labute approximate surface area is 79.8 Å². The maximum absolute atomic E-state index is 11.1. The molecule has 1 rings (SSSR count). The molecule has 0 saturated carbocycles. The number of rotatable bonds is 1. The van der Waals surface area contributed by atoms with E-state index in [2.05, 4.69) is 17.2 Å². The molecule has 0 bridgehead atoms. The Morgan fingerprint density at radius 1 is 1.38 bits per heavy atom. The molecule has 74 valence electrons. The largest absolute Gasteiger partial charge is 0.309 e. The Kier molecular flexibility index (Phi) is 3.76. The zero-order chi connectivity index (χ0) is 9.73. The van der Waals surface area contributed by atoms with Crippen molar-refractivity contribution in [1.29, 1.82) is 0 Å². The van der Waals surface area contributed by atoms with E-state index < -0.39 is 9.84 Å². The van der Waals surface area contributed by atoms with Crippen LogP contribution < -0.4 is 5.32 Å². The first-order valence-electron chi connectivity index (χ1n) is 4.47. The first-order chi connectivity index (χ1) is 6.14. The zero-order valence-electron chi connectivity index (χ0n) is 7.84. The smallest absolute Gasteiger partial charge is 0.150 e. The summed E-state index contributed by atoms with van der Waals surface area (Å²) in [6.07, 6.45) is 1.41. The molecule has 1 aliphatic heterocycles. The van der Waals surface area contributed by atoms with Gasteiger partial charge in [0.25, 0.3) is 0 Å². The van der Waals surface area contributed by atoms with Crippen LogP contribution in [0, 0.1) is 17.8 Å². The normalized spacial score (nSPS) is 21.9. The summed E-state index contributed by atoms with van der Waals surface area (Å²) in [5.74, 6) is 6.97. The quantitative estimate of drug-likeness (QED) is 0.609. The molecule has 0 aromatic rings. The average Bonchev–Trinajstić information content (AvgIpc) is 2.08. The molecule has 1 fully saturated rings. The molecule has 1 N–H and O–H groups in total. The SMILES string of the molecule is CNCC#CC1CCS(=O)(=O)CC1. The Morgan fingerprint density at radius 3 is 2.54 bits per heavy atom. The van der Waals surface area contributed by atoms with Gasteiger partial charge in [0.2, 0.25) is 0 Å². The Bertz CT molecular complexity index is 296. The Hall–Kier alpha value is -0.530. The summed E-state index contributed by atoms with van der Waals surface area (Å²) in [7, 11) is -0.882. The molecule has 0 spiro atoms. The lowest BCUT2D eigenvalue weighted by Crippen LogP contribution is -2.22. The predicted molar refractivity (Wildman–Crippen MR) is 53.1 cm³/mol. The molecule has 0 unspecified atom stereocenters. The molecule has 0 amide bonds. The van der Waals surface area contributed by atoms with E-state index in [4.69, 9.17) is 0 Å². The van der Waals surface area contributed by atoms with Crippen LogP contribution in [-0.4, -0.2) is 33.5 Å². The van der Waals surface area contributed by atoms with Gasteiger partial charge in [0.05, 0.1) is 18.1 Å². The van der Waals surface area contributed by atoms with Gasteiger partial charge >= 0.3 is 0 Å².